The third-order valence-corrected chi connectivity index (χ3v) is 1.66. The summed E-state index contributed by atoms with van der Waals surface area (Å²) in [5.41, 5.74) is 1.46. The third-order valence-electron chi connectivity index (χ3n) is 1.66. The molecular weight excluding hydrogens is 177 g/mol. The van der Waals surface area contributed by atoms with Crippen molar-refractivity contribution in [1.82, 2.24) is 0 Å². The van der Waals surface area contributed by atoms with E-state index in [4.69, 9.17) is 0 Å². The van der Waals surface area contributed by atoms with E-state index in [0.717, 1.165) is 0 Å². The first-order chi connectivity index (χ1) is 6.35. The molecule has 1 rings (SSSR count). The maximum atomic E-state index is 4.34. The van der Waals surface area contributed by atoms with Gasteiger partial charge in [0.25, 0.3) is 0 Å². The molecule has 0 N–H and O–H groups in total. The van der Waals surface area contributed by atoms with Gasteiger partial charge in [0.2, 0.25) is 0 Å². The van der Waals surface area contributed by atoms with Crippen molar-refractivity contribution in [1.29, 1.82) is 0 Å². The summed E-state index contributed by atoms with van der Waals surface area (Å²) in [6, 6.07) is 10.6. The van der Waals surface area contributed by atoms with E-state index in [0.29, 0.717) is 0 Å². The van der Waals surface area contributed by atoms with Gasteiger partial charge in [-0.1, -0.05) is 43.7 Å². The average Bonchev–Trinajstić information content (AvgIpc) is 2.18. The zero-order valence-corrected chi connectivity index (χ0v) is 8.87. The fraction of sp³-hybridized carbons (Fsp3) is 0.400. The number of hydrogen-bond donors (Lipinski definition) is 1. The van der Waals surface area contributed by atoms with Crippen LogP contribution in [0, 0.1) is 0 Å². The molecule has 0 fully saturated rings. The summed E-state index contributed by atoms with van der Waals surface area (Å²) in [7, 11) is 4.34. The first kappa shape index (κ1) is 12.4. The number of aryl methyl sites for hydroxylation is 1. The molecule has 0 saturated heterocycles. The summed E-state index contributed by atoms with van der Waals surface area (Å²) >= 11 is 3.19. The third kappa shape index (κ3) is 7.78. The standard InChI is InChI=1S/C10H14.BHNS/c1-2-3-7-10-8-5-4-6-9-10;1-2-3/h4-6,8-9H,2-3,7H2,1H3;3H. The Morgan fingerprint density at radius 2 is 1.85 bits per heavy atom. The van der Waals surface area contributed by atoms with Crippen LogP contribution < -0.4 is 0 Å². The van der Waals surface area contributed by atoms with Gasteiger partial charge in [-0.25, -0.2) is 0 Å². The van der Waals surface area contributed by atoms with Crippen molar-refractivity contribution in [3.63, 3.8) is 0 Å². The predicted octanol–water partition coefficient (Wildman–Crippen LogP) is 3.21. The van der Waals surface area contributed by atoms with E-state index in [1.807, 2.05) is 0 Å². The van der Waals surface area contributed by atoms with Gasteiger partial charge in [-0.2, -0.15) is 0 Å². The van der Waals surface area contributed by atoms with Crippen LogP contribution in [-0.4, -0.2) is 7.64 Å². The molecule has 1 aromatic carbocycles. The molecule has 69 valence electrons. The van der Waals surface area contributed by atoms with E-state index in [2.05, 4.69) is 62.0 Å². The number of rotatable bonds is 3. The Labute approximate surface area is 87.2 Å². The van der Waals surface area contributed by atoms with Crippen LogP contribution in [0.1, 0.15) is 25.3 Å². The summed E-state index contributed by atoms with van der Waals surface area (Å²) in [5, 5.41) is 0. The number of hydrogen-bond acceptors (Lipinski definition) is 2. The SMILES string of the molecule is CCCCc1ccccc1.[B]=NS. The van der Waals surface area contributed by atoms with Gasteiger partial charge in [0, 0.05) is 0 Å². The maximum absolute atomic E-state index is 4.34. The first-order valence-electron chi connectivity index (χ1n) is 4.43. The van der Waals surface area contributed by atoms with E-state index in [1.54, 1.807) is 0 Å². The van der Waals surface area contributed by atoms with Crippen molar-refractivity contribution in [2.75, 3.05) is 0 Å². The molecule has 0 unspecified atom stereocenters. The van der Waals surface area contributed by atoms with Crippen molar-refractivity contribution in [3.05, 3.63) is 35.9 Å². The molecule has 0 aliphatic carbocycles. The molecule has 1 radical (unpaired) electrons. The van der Waals surface area contributed by atoms with Gasteiger partial charge in [-0.05, 0) is 18.4 Å². The topological polar surface area (TPSA) is 12.4 Å². The van der Waals surface area contributed by atoms with Gasteiger partial charge in [-0.15, -0.1) is 0 Å². The van der Waals surface area contributed by atoms with Crippen molar-refractivity contribution < 1.29 is 0 Å². The second-order valence-electron chi connectivity index (χ2n) is 2.70. The number of nitrogens with zero attached hydrogens (tertiary/aromatic N) is 1. The van der Waals surface area contributed by atoms with Crippen molar-refractivity contribution >= 4 is 20.5 Å². The molecule has 0 spiro atoms. The van der Waals surface area contributed by atoms with Crippen LogP contribution in [0.3, 0.4) is 0 Å². The molecule has 0 heterocycles. The Morgan fingerprint density at radius 1 is 1.31 bits per heavy atom. The van der Waals surface area contributed by atoms with Crippen LogP contribution >= 0.6 is 12.8 Å². The molecule has 0 atom stereocenters. The molecule has 0 bridgehead atoms. The summed E-state index contributed by atoms with van der Waals surface area (Å²) in [6.07, 6.45) is 3.83. The normalized spacial score (nSPS) is 8.38. The Morgan fingerprint density at radius 3 is 2.31 bits per heavy atom. The Bertz CT molecular complexity index is 213. The second-order valence-corrected chi connectivity index (χ2v) is 2.94. The van der Waals surface area contributed by atoms with Gasteiger partial charge in [0.15, 0.2) is 0 Å². The van der Waals surface area contributed by atoms with Gasteiger partial charge in [0.05, 0.1) is 0 Å². The van der Waals surface area contributed by atoms with Crippen LogP contribution in [0.2, 0.25) is 0 Å². The molecule has 0 amide bonds. The Balaban J connectivity index is 0.000000424. The van der Waals surface area contributed by atoms with Gasteiger partial charge in [0.1, 0.15) is 0 Å². The molecule has 1 nitrogen and oxygen atoms in total. The van der Waals surface area contributed by atoms with Gasteiger partial charge in [-0.3, -0.25) is 0 Å². The molecule has 3 heteroatoms. The molecule has 0 aromatic heterocycles. The van der Waals surface area contributed by atoms with Crippen LogP contribution in [0.4, 0.5) is 0 Å². The van der Waals surface area contributed by atoms with E-state index in [-0.39, 0.29) is 0 Å². The molecular formula is C10H15BNS. The van der Waals surface area contributed by atoms with Crippen molar-refractivity contribution in [3.8, 4) is 0 Å². The van der Waals surface area contributed by atoms with Crippen molar-refractivity contribution in [2.45, 2.75) is 26.2 Å². The Kier molecular flexibility index (Phi) is 9.11. The average molecular weight is 192 g/mol. The van der Waals surface area contributed by atoms with Crippen LogP contribution in [0.25, 0.3) is 0 Å². The quantitative estimate of drug-likeness (QED) is 0.557. The van der Waals surface area contributed by atoms with E-state index in [9.17, 15) is 0 Å². The molecule has 0 aliphatic heterocycles. The van der Waals surface area contributed by atoms with Gasteiger partial charge >= 0.3 is 24.8 Å². The number of unbranched alkanes of at least 4 members (excludes halogenated alkanes) is 1. The zero-order valence-electron chi connectivity index (χ0n) is 7.98. The van der Waals surface area contributed by atoms with Crippen LogP contribution in [0.15, 0.2) is 34.6 Å². The number of thiol groups is 1. The molecule has 13 heavy (non-hydrogen) atoms. The molecule has 0 aliphatic rings. The fourth-order valence-electron chi connectivity index (χ4n) is 1.03. The van der Waals surface area contributed by atoms with Crippen LogP contribution in [0.5, 0.6) is 0 Å². The second kappa shape index (κ2) is 9.52. The van der Waals surface area contributed by atoms with Crippen molar-refractivity contribution in [2.24, 2.45) is 4.30 Å². The minimum atomic E-state index is 1.23. The summed E-state index contributed by atoms with van der Waals surface area (Å²) < 4.78 is 2.69. The zero-order chi connectivity index (χ0) is 9.94. The number of benzene rings is 1. The van der Waals surface area contributed by atoms with Crippen LogP contribution in [-0.2, 0) is 6.42 Å². The molecule has 0 saturated carbocycles. The van der Waals surface area contributed by atoms with E-state index >= 15 is 0 Å². The molecule has 1 aromatic rings. The van der Waals surface area contributed by atoms with E-state index < -0.39 is 0 Å². The minimum absolute atomic E-state index is 1.23. The fourth-order valence-corrected chi connectivity index (χ4v) is 1.03. The summed E-state index contributed by atoms with van der Waals surface area (Å²) in [5.74, 6) is 0. The summed E-state index contributed by atoms with van der Waals surface area (Å²) in [6.45, 7) is 2.23. The first-order valence-corrected chi connectivity index (χ1v) is 4.83. The summed E-state index contributed by atoms with van der Waals surface area (Å²) in [4.78, 5) is 0. The predicted molar refractivity (Wildman–Crippen MR) is 62.2 cm³/mol. The Hall–Kier alpha value is -0.565. The monoisotopic (exact) mass is 192 g/mol. The van der Waals surface area contributed by atoms with Gasteiger partial charge < -0.3 is 0 Å². The van der Waals surface area contributed by atoms with E-state index in [1.165, 1.54) is 24.8 Å².